The molecule has 1 aliphatic carbocycles. The smallest absolute Gasteiger partial charge is 0.0783 e. The standard InChI is InChI=1S/C29H29N/c1-6-28(2,3)26-22(27-20-12-8-7-11-19(20)17-18-30-27)15-16-24-25(26)21-13-9-10-14-23(21)29(24,4)5/h7-18H,6H2,1-5H3. The van der Waals surface area contributed by atoms with Gasteiger partial charge in [0.05, 0.1) is 5.69 Å². The highest BCUT2D eigenvalue weighted by molar-refractivity contribution is 5.98. The Balaban J connectivity index is 1.93. The van der Waals surface area contributed by atoms with Gasteiger partial charge in [0.25, 0.3) is 0 Å². The molecule has 0 atom stereocenters. The first-order valence-electron chi connectivity index (χ1n) is 11.0. The third kappa shape index (κ3) is 2.58. The minimum Gasteiger partial charge on any atom is -0.256 e. The molecule has 1 heteroatoms. The van der Waals surface area contributed by atoms with Gasteiger partial charge in [-0.05, 0) is 51.1 Å². The van der Waals surface area contributed by atoms with Gasteiger partial charge in [-0.15, -0.1) is 0 Å². The Morgan fingerprint density at radius 1 is 0.800 bits per heavy atom. The summed E-state index contributed by atoms with van der Waals surface area (Å²) in [5.41, 5.74) is 9.51. The zero-order valence-corrected chi connectivity index (χ0v) is 18.6. The third-order valence-electron chi connectivity index (χ3n) is 7.24. The lowest BCUT2D eigenvalue weighted by molar-refractivity contribution is 0.508. The molecule has 1 aromatic heterocycles. The van der Waals surface area contributed by atoms with Crippen molar-refractivity contribution in [1.29, 1.82) is 0 Å². The van der Waals surface area contributed by atoms with Crippen LogP contribution in [0, 0.1) is 0 Å². The van der Waals surface area contributed by atoms with Crippen molar-refractivity contribution in [3.05, 3.63) is 89.6 Å². The molecule has 150 valence electrons. The van der Waals surface area contributed by atoms with Crippen LogP contribution in [0.2, 0.25) is 0 Å². The van der Waals surface area contributed by atoms with E-state index in [-0.39, 0.29) is 10.8 Å². The first-order chi connectivity index (χ1) is 14.4. The molecular formula is C29H29N. The van der Waals surface area contributed by atoms with E-state index in [1.54, 1.807) is 0 Å². The van der Waals surface area contributed by atoms with Crippen molar-refractivity contribution >= 4 is 10.8 Å². The predicted molar refractivity (Wildman–Crippen MR) is 128 cm³/mol. The van der Waals surface area contributed by atoms with Gasteiger partial charge in [0.15, 0.2) is 0 Å². The Kier molecular flexibility index (Phi) is 4.15. The van der Waals surface area contributed by atoms with Gasteiger partial charge in [-0.1, -0.05) is 95.3 Å². The molecule has 0 spiro atoms. The first-order valence-corrected chi connectivity index (χ1v) is 11.0. The maximum absolute atomic E-state index is 4.90. The largest absolute Gasteiger partial charge is 0.256 e. The number of hydrogen-bond donors (Lipinski definition) is 0. The van der Waals surface area contributed by atoms with Gasteiger partial charge in [-0.3, -0.25) is 4.98 Å². The molecule has 0 saturated heterocycles. The van der Waals surface area contributed by atoms with Gasteiger partial charge in [0.2, 0.25) is 0 Å². The van der Waals surface area contributed by atoms with Crippen LogP contribution in [0.5, 0.6) is 0 Å². The molecule has 5 rings (SSSR count). The number of hydrogen-bond acceptors (Lipinski definition) is 1. The molecule has 1 heterocycles. The van der Waals surface area contributed by atoms with Crippen molar-refractivity contribution in [2.24, 2.45) is 0 Å². The molecule has 4 aromatic rings. The number of nitrogens with zero attached hydrogens (tertiary/aromatic N) is 1. The molecule has 0 unspecified atom stereocenters. The molecule has 30 heavy (non-hydrogen) atoms. The molecule has 1 aliphatic rings. The van der Waals surface area contributed by atoms with E-state index >= 15 is 0 Å². The van der Waals surface area contributed by atoms with Crippen LogP contribution in [-0.2, 0) is 10.8 Å². The van der Waals surface area contributed by atoms with E-state index in [1.165, 1.54) is 44.2 Å². The summed E-state index contributed by atoms with van der Waals surface area (Å²) in [7, 11) is 0. The van der Waals surface area contributed by atoms with Crippen LogP contribution in [0.25, 0.3) is 33.2 Å². The van der Waals surface area contributed by atoms with Crippen LogP contribution < -0.4 is 0 Å². The highest BCUT2D eigenvalue weighted by Gasteiger charge is 2.40. The molecule has 0 amide bonds. The average Bonchev–Trinajstić information content (AvgIpc) is 3.00. The Labute approximate surface area is 179 Å². The second-order valence-electron chi connectivity index (χ2n) is 9.70. The Morgan fingerprint density at radius 2 is 1.53 bits per heavy atom. The van der Waals surface area contributed by atoms with Gasteiger partial charge in [-0.25, -0.2) is 0 Å². The summed E-state index contributed by atoms with van der Waals surface area (Å²) in [4.78, 5) is 4.90. The minimum absolute atomic E-state index is 0.00914. The van der Waals surface area contributed by atoms with Gasteiger partial charge in [-0.2, -0.15) is 0 Å². The van der Waals surface area contributed by atoms with Crippen LogP contribution in [0.3, 0.4) is 0 Å². The van der Waals surface area contributed by atoms with Gasteiger partial charge in [0, 0.05) is 22.6 Å². The highest BCUT2D eigenvalue weighted by Crippen LogP contribution is 2.54. The fraction of sp³-hybridized carbons (Fsp3) is 0.276. The Hall–Kier alpha value is -2.93. The second kappa shape index (κ2) is 6.54. The van der Waals surface area contributed by atoms with E-state index in [9.17, 15) is 0 Å². The lowest BCUT2D eigenvalue weighted by Crippen LogP contribution is -2.20. The maximum atomic E-state index is 4.90. The molecular weight excluding hydrogens is 362 g/mol. The summed E-state index contributed by atoms with van der Waals surface area (Å²) >= 11 is 0. The SMILES string of the molecule is CCC(C)(C)c1c(-c2nccc3ccccc23)ccc2c1-c1ccccc1C2(C)C. The summed E-state index contributed by atoms with van der Waals surface area (Å²) in [6, 6.07) is 24.3. The van der Waals surface area contributed by atoms with E-state index < -0.39 is 0 Å². The summed E-state index contributed by atoms with van der Waals surface area (Å²) in [6.07, 6.45) is 3.02. The molecule has 0 fully saturated rings. The molecule has 0 radical (unpaired) electrons. The molecule has 0 aliphatic heterocycles. The first kappa shape index (κ1) is 19.1. The number of pyridine rings is 1. The topological polar surface area (TPSA) is 12.9 Å². The monoisotopic (exact) mass is 391 g/mol. The number of benzene rings is 3. The molecule has 0 N–H and O–H groups in total. The predicted octanol–water partition coefficient (Wildman–Crippen LogP) is 7.90. The van der Waals surface area contributed by atoms with Crippen LogP contribution >= 0.6 is 0 Å². The average molecular weight is 392 g/mol. The lowest BCUT2D eigenvalue weighted by Gasteiger charge is -2.31. The van der Waals surface area contributed by atoms with Crippen molar-refractivity contribution in [1.82, 2.24) is 4.98 Å². The third-order valence-corrected chi connectivity index (χ3v) is 7.24. The van der Waals surface area contributed by atoms with Crippen LogP contribution in [0.1, 0.15) is 57.7 Å². The van der Waals surface area contributed by atoms with Crippen molar-refractivity contribution in [3.8, 4) is 22.4 Å². The minimum atomic E-state index is 0.00914. The summed E-state index contributed by atoms with van der Waals surface area (Å²) < 4.78 is 0. The van der Waals surface area contributed by atoms with Crippen LogP contribution in [-0.4, -0.2) is 4.98 Å². The van der Waals surface area contributed by atoms with E-state index in [4.69, 9.17) is 4.98 Å². The summed E-state index contributed by atoms with van der Waals surface area (Å²) in [6.45, 7) is 11.8. The van der Waals surface area contributed by atoms with Crippen LogP contribution in [0.4, 0.5) is 0 Å². The van der Waals surface area contributed by atoms with E-state index in [1.807, 2.05) is 6.20 Å². The summed E-state index contributed by atoms with van der Waals surface area (Å²) in [5, 5.41) is 2.46. The van der Waals surface area contributed by atoms with Crippen molar-refractivity contribution in [2.45, 2.75) is 51.9 Å². The normalized spacial score (nSPS) is 14.6. The molecule has 0 bridgehead atoms. The fourth-order valence-corrected chi connectivity index (χ4v) is 5.21. The van der Waals surface area contributed by atoms with Crippen molar-refractivity contribution in [3.63, 3.8) is 0 Å². The van der Waals surface area contributed by atoms with Gasteiger partial charge >= 0.3 is 0 Å². The fourth-order valence-electron chi connectivity index (χ4n) is 5.21. The maximum Gasteiger partial charge on any atom is 0.0783 e. The Bertz CT molecular complexity index is 1270. The quantitative estimate of drug-likeness (QED) is 0.346. The molecule has 3 aromatic carbocycles. The Morgan fingerprint density at radius 3 is 2.33 bits per heavy atom. The van der Waals surface area contributed by atoms with E-state index in [2.05, 4.69) is 101 Å². The van der Waals surface area contributed by atoms with Gasteiger partial charge < -0.3 is 0 Å². The van der Waals surface area contributed by atoms with Crippen molar-refractivity contribution in [2.75, 3.05) is 0 Å². The van der Waals surface area contributed by atoms with E-state index in [0.29, 0.717) is 0 Å². The number of aromatic nitrogens is 1. The van der Waals surface area contributed by atoms with Gasteiger partial charge in [0.1, 0.15) is 0 Å². The second-order valence-corrected chi connectivity index (χ2v) is 9.70. The number of rotatable bonds is 3. The molecule has 1 nitrogen and oxygen atoms in total. The van der Waals surface area contributed by atoms with Crippen LogP contribution in [0.15, 0.2) is 72.9 Å². The molecule has 0 saturated carbocycles. The highest BCUT2D eigenvalue weighted by atomic mass is 14.7. The number of fused-ring (bicyclic) bond motifs is 4. The lowest BCUT2D eigenvalue weighted by atomic mass is 9.73. The zero-order valence-electron chi connectivity index (χ0n) is 18.6. The summed E-state index contributed by atoms with van der Waals surface area (Å²) in [5.74, 6) is 0. The van der Waals surface area contributed by atoms with Crippen molar-refractivity contribution < 1.29 is 0 Å². The van der Waals surface area contributed by atoms with E-state index in [0.717, 1.165) is 12.1 Å². The zero-order chi connectivity index (χ0) is 21.1.